The zero-order valence-corrected chi connectivity index (χ0v) is 34.4. The predicted molar refractivity (Wildman–Crippen MR) is 263 cm³/mol. The quantitative estimate of drug-likeness (QED) is 0.166. The molecule has 0 bridgehead atoms. The topological polar surface area (TPSA) is 24.6 Å². The highest BCUT2D eigenvalue weighted by atomic mass is 15.1. The lowest BCUT2D eigenvalue weighted by molar-refractivity contribution is 0.889. The van der Waals surface area contributed by atoms with Crippen LogP contribution in [0.25, 0.3) is 111 Å². The van der Waals surface area contributed by atoms with Crippen molar-refractivity contribution < 1.29 is 0 Å². The minimum Gasteiger partial charge on any atom is -0.315 e. The number of aromatic nitrogens is 5. The second kappa shape index (κ2) is 13.1. The molecule has 0 saturated carbocycles. The summed E-state index contributed by atoms with van der Waals surface area (Å²) in [5.74, 6) is 0. The number of allylic oxidation sites excluding steroid dienone is 1. The Morgan fingerprint density at radius 2 is 0.841 bits per heavy atom. The molecule has 0 amide bonds. The van der Waals surface area contributed by atoms with E-state index in [2.05, 4.69) is 235 Å². The lowest BCUT2D eigenvalue weighted by Gasteiger charge is -2.16. The van der Waals surface area contributed by atoms with Gasteiger partial charge in [-0.05, 0) is 91.7 Å². The molecule has 5 nitrogen and oxygen atoms in total. The van der Waals surface area contributed by atoms with Gasteiger partial charge in [0.25, 0.3) is 0 Å². The highest BCUT2D eigenvalue weighted by molar-refractivity contribution is 6.19. The molecule has 0 saturated heterocycles. The van der Waals surface area contributed by atoms with Crippen molar-refractivity contribution in [3.05, 3.63) is 218 Å². The van der Waals surface area contributed by atoms with Crippen molar-refractivity contribution in [3.63, 3.8) is 0 Å². The molecule has 5 heterocycles. The third-order valence-corrected chi connectivity index (χ3v) is 13.6. The van der Waals surface area contributed by atoms with Crippen molar-refractivity contribution in [2.75, 3.05) is 0 Å². The SMILES string of the molecule is C1=Cc2c(n(-c3ccc4c5ccc(-n6c7ccccc7c7ccc8ccn(-c9ccccc9)c8c76)cc5n(-c5ccccc5)c4c3)c3c2ccc2ccn(-c4ccccc4)c23)CC1. The fraction of sp³-hybridized carbons (Fsp3) is 0.0345. The first kappa shape index (κ1) is 34.4. The summed E-state index contributed by atoms with van der Waals surface area (Å²) in [6.45, 7) is 0. The maximum Gasteiger partial charge on any atom is 0.0788 e. The summed E-state index contributed by atoms with van der Waals surface area (Å²) in [6, 6.07) is 69.1. The normalized spacial score (nSPS) is 12.9. The number of para-hydroxylation sites is 4. The van der Waals surface area contributed by atoms with Gasteiger partial charge in [0.1, 0.15) is 0 Å². The summed E-state index contributed by atoms with van der Waals surface area (Å²) >= 11 is 0. The second-order valence-electron chi connectivity index (χ2n) is 16.9. The summed E-state index contributed by atoms with van der Waals surface area (Å²) < 4.78 is 12.2. The van der Waals surface area contributed by atoms with Crippen LogP contribution in [-0.2, 0) is 6.42 Å². The molecule has 0 atom stereocenters. The monoisotopic (exact) mass is 805 g/mol. The average Bonchev–Trinajstić information content (AvgIpc) is 4.17. The number of hydrogen-bond acceptors (Lipinski definition) is 0. The summed E-state index contributed by atoms with van der Waals surface area (Å²) in [5.41, 5.74) is 16.9. The van der Waals surface area contributed by atoms with Crippen molar-refractivity contribution in [1.82, 2.24) is 22.8 Å². The maximum atomic E-state index is 2.57. The van der Waals surface area contributed by atoms with Gasteiger partial charge in [0.15, 0.2) is 0 Å². The summed E-state index contributed by atoms with van der Waals surface area (Å²) in [4.78, 5) is 0. The van der Waals surface area contributed by atoms with Crippen LogP contribution in [0.2, 0.25) is 0 Å². The molecular weight excluding hydrogens is 767 g/mol. The Bertz CT molecular complexity index is 4000. The lowest BCUT2D eigenvalue weighted by Crippen LogP contribution is -2.04. The van der Waals surface area contributed by atoms with Gasteiger partial charge >= 0.3 is 0 Å². The van der Waals surface area contributed by atoms with E-state index in [4.69, 9.17) is 0 Å². The fourth-order valence-corrected chi connectivity index (χ4v) is 10.9. The van der Waals surface area contributed by atoms with E-state index < -0.39 is 0 Å². The Morgan fingerprint density at radius 3 is 1.48 bits per heavy atom. The van der Waals surface area contributed by atoms with Crippen molar-refractivity contribution in [2.45, 2.75) is 12.8 Å². The van der Waals surface area contributed by atoms with Gasteiger partial charge in [-0.2, -0.15) is 0 Å². The van der Waals surface area contributed by atoms with Crippen LogP contribution in [0.5, 0.6) is 0 Å². The molecule has 1 aliphatic carbocycles. The first-order valence-electron chi connectivity index (χ1n) is 21.9. The lowest BCUT2D eigenvalue weighted by atomic mass is 10.0. The maximum absolute atomic E-state index is 2.57. The van der Waals surface area contributed by atoms with E-state index >= 15 is 0 Å². The predicted octanol–water partition coefficient (Wildman–Crippen LogP) is 14.7. The third-order valence-electron chi connectivity index (χ3n) is 13.6. The molecular formula is C58H39N5. The van der Waals surface area contributed by atoms with Crippen LogP contribution in [0.1, 0.15) is 17.7 Å². The molecule has 13 aromatic rings. The molecule has 0 unspecified atom stereocenters. The third kappa shape index (κ3) is 4.87. The van der Waals surface area contributed by atoms with Gasteiger partial charge in [0.05, 0.1) is 38.6 Å². The molecule has 63 heavy (non-hydrogen) atoms. The van der Waals surface area contributed by atoms with Gasteiger partial charge in [-0.25, -0.2) is 0 Å². The summed E-state index contributed by atoms with van der Waals surface area (Å²) in [7, 11) is 0. The van der Waals surface area contributed by atoms with Crippen molar-refractivity contribution in [3.8, 4) is 28.4 Å². The molecule has 5 aromatic heterocycles. The zero-order chi connectivity index (χ0) is 41.2. The van der Waals surface area contributed by atoms with Crippen LogP contribution in [0.3, 0.4) is 0 Å². The fourth-order valence-electron chi connectivity index (χ4n) is 10.9. The van der Waals surface area contributed by atoms with Gasteiger partial charge in [-0.15, -0.1) is 0 Å². The van der Waals surface area contributed by atoms with Crippen molar-refractivity contribution in [2.24, 2.45) is 0 Å². The number of nitrogens with zero attached hydrogens (tertiary/aromatic N) is 5. The van der Waals surface area contributed by atoms with E-state index in [-0.39, 0.29) is 0 Å². The largest absolute Gasteiger partial charge is 0.315 e. The molecule has 0 fully saturated rings. The summed E-state index contributed by atoms with van der Waals surface area (Å²) in [5, 5.41) is 8.68. The molecule has 14 rings (SSSR count). The van der Waals surface area contributed by atoms with Crippen LogP contribution in [0.15, 0.2) is 207 Å². The number of rotatable bonds is 5. The van der Waals surface area contributed by atoms with Gasteiger partial charge in [0, 0.05) is 89.8 Å². The Labute approximate surface area is 362 Å². The molecule has 8 aromatic carbocycles. The van der Waals surface area contributed by atoms with Crippen LogP contribution >= 0.6 is 0 Å². The molecule has 5 heteroatoms. The van der Waals surface area contributed by atoms with E-state index in [1.807, 2.05) is 0 Å². The first-order chi connectivity index (χ1) is 31.3. The van der Waals surface area contributed by atoms with E-state index in [9.17, 15) is 0 Å². The smallest absolute Gasteiger partial charge is 0.0788 e. The average molecular weight is 806 g/mol. The molecule has 0 N–H and O–H groups in total. The van der Waals surface area contributed by atoms with Gasteiger partial charge in [-0.1, -0.05) is 121 Å². The Hall–Kier alpha value is -8.28. The summed E-state index contributed by atoms with van der Waals surface area (Å²) in [6.07, 6.45) is 11.1. The standard InChI is InChI=1S/C58H39N5/c1-4-14-40(15-5-1)59-34-32-38-24-28-49-45-20-10-12-22-51(45)62(57(49)55(38)59)43-26-30-47-48-31-27-44(37-54(48)61(53(47)36-43)42-18-8-3-9-19-42)63-52-23-13-11-21-46(52)50-29-25-39-33-35-60(56(39)58(50)63)41-16-6-2-7-17-41/h1-12,14-22,24-37H,13,23H2. The number of benzene rings is 8. The molecule has 0 radical (unpaired) electrons. The van der Waals surface area contributed by atoms with Crippen LogP contribution in [0, 0.1) is 0 Å². The molecule has 0 spiro atoms. The highest BCUT2D eigenvalue weighted by Crippen LogP contribution is 2.43. The number of hydrogen-bond donors (Lipinski definition) is 0. The molecule has 0 aliphatic heterocycles. The van der Waals surface area contributed by atoms with Crippen LogP contribution in [-0.4, -0.2) is 22.8 Å². The Morgan fingerprint density at radius 1 is 0.333 bits per heavy atom. The minimum atomic E-state index is 0.983. The van der Waals surface area contributed by atoms with Gasteiger partial charge < -0.3 is 22.8 Å². The molecule has 296 valence electrons. The first-order valence-corrected chi connectivity index (χ1v) is 21.9. The van der Waals surface area contributed by atoms with E-state index in [0.29, 0.717) is 0 Å². The highest BCUT2D eigenvalue weighted by Gasteiger charge is 2.24. The van der Waals surface area contributed by atoms with E-state index in [1.54, 1.807) is 0 Å². The van der Waals surface area contributed by atoms with Crippen molar-refractivity contribution in [1.29, 1.82) is 0 Å². The second-order valence-corrected chi connectivity index (χ2v) is 16.9. The van der Waals surface area contributed by atoms with Crippen LogP contribution < -0.4 is 0 Å². The Kier molecular flexibility index (Phi) is 7.17. The van der Waals surface area contributed by atoms with E-state index in [1.165, 1.54) is 93.3 Å². The molecule has 1 aliphatic rings. The van der Waals surface area contributed by atoms with E-state index in [0.717, 1.165) is 35.6 Å². The van der Waals surface area contributed by atoms with Crippen molar-refractivity contribution >= 4 is 82.4 Å². The van der Waals surface area contributed by atoms with Gasteiger partial charge in [-0.3, -0.25) is 0 Å². The van der Waals surface area contributed by atoms with Crippen LogP contribution in [0.4, 0.5) is 0 Å². The minimum absolute atomic E-state index is 0.983. The number of fused-ring (bicyclic) bond motifs is 13. The zero-order valence-electron chi connectivity index (χ0n) is 34.4. The van der Waals surface area contributed by atoms with Gasteiger partial charge in [0.2, 0.25) is 0 Å². The Balaban J connectivity index is 1.06.